The van der Waals surface area contributed by atoms with Gasteiger partial charge in [-0.2, -0.15) is 0 Å². The van der Waals surface area contributed by atoms with Gasteiger partial charge in [0.05, 0.1) is 5.69 Å². The fourth-order valence-electron chi connectivity index (χ4n) is 3.11. The summed E-state index contributed by atoms with van der Waals surface area (Å²) < 4.78 is 1.20. The SMILES string of the molecule is Cc1cc(C)c(NC2CCCC(C)(C)CC2)c(Br)c1. The maximum atomic E-state index is 3.78. The van der Waals surface area contributed by atoms with E-state index >= 15 is 0 Å². The topological polar surface area (TPSA) is 12.0 Å². The number of nitrogens with one attached hydrogen (secondary N) is 1. The van der Waals surface area contributed by atoms with Crippen LogP contribution in [0.1, 0.15) is 57.1 Å². The number of benzene rings is 1. The first-order chi connectivity index (χ1) is 8.87. The van der Waals surface area contributed by atoms with Crippen molar-refractivity contribution < 1.29 is 0 Å². The van der Waals surface area contributed by atoms with Crippen molar-refractivity contribution in [1.82, 2.24) is 0 Å². The van der Waals surface area contributed by atoms with Crippen LogP contribution in [-0.4, -0.2) is 6.04 Å². The molecule has 0 heterocycles. The summed E-state index contributed by atoms with van der Waals surface area (Å²) >= 11 is 3.70. The molecule has 1 aromatic carbocycles. The smallest absolute Gasteiger partial charge is 0.0516 e. The minimum Gasteiger partial charge on any atom is -0.381 e. The molecule has 1 saturated carbocycles. The maximum Gasteiger partial charge on any atom is 0.0516 e. The molecule has 0 amide bonds. The third-order valence-corrected chi connectivity index (χ3v) is 4.98. The number of anilines is 1. The molecule has 0 aliphatic heterocycles. The lowest BCUT2D eigenvalue weighted by Gasteiger charge is -2.23. The summed E-state index contributed by atoms with van der Waals surface area (Å²) in [5.74, 6) is 0. The first kappa shape index (κ1) is 14.9. The zero-order valence-corrected chi connectivity index (χ0v) is 14.2. The fraction of sp³-hybridized carbons (Fsp3) is 0.647. The molecular weight excluding hydrogens is 298 g/mol. The van der Waals surface area contributed by atoms with Gasteiger partial charge in [0.2, 0.25) is 0 Å². The van der Waals surface area contributed by atoms with E-state index in [1.165, 1.54) is 53.4 Å². The van der Waals surface area contributed by atoms with Crippen LogP contribution in [-0.2, 0) is 0 Å². The molecule has 1 unspecified atom stereocenters. The highest BCUT2D eigenvalue weighted by atomic mass is 79.9. The van der Waals surface area contributed by atoms with Crippen LogP contribution < -0.4 is 5.32 Å². The number of hydrogen-bond acceptors (Lipinski definition) is 1. The second-order valence-corrected chi connectivity index (χ2v) is 7.73. The zero-order valence-electron chi connectivity index (χ0n) is 12.6. The van der Waals surface area contributed by atoms with Crippen molar-refractivity contribution in [3.05, 3.63) is 27.7 Å². The van der Waals surface area contributed by atoms with Gasteiger partial charge in [-0.05, 0) is 78.1 Å². The van der Waals surface area contributed by atoms with Gasteiger partial charge in [0.1, 0.15) is 0 Å². The van der Waals surface area contributed by atoms with Gasteiger partial charge in [-0.1, -0.05) is 26.3 Å². The second kappa shape index (κ2) is 5.87. The quantitative estimate of drug-likeness (QED) is 0.674. The summed E-state index contributed by atoms with van der Waals surface area (Å²) in [4.78, 5) is 0. The van der Waals surface area contributed by atoms with E-state index in [0.717, 1.165) is 0 Å². The van der Waals surface area contributed by atoms with Crippen LogP contribution in [0.15, 0.2) is 16.6 Å². The number of aryl methyl sites for hydroxylation is 2. The molecular formula is C17H26BrN. The van der Waals surface area contributed by atoms with Gasteiger partial charge in [0.25, 0.3) is 0 Å². The molecule has 1 fully saturated rings. The summed E-state index contributed by atoms with van der Waals surface area (Å²) in [6.45, 7) is 9.15. The van der Waals surface area contributed by atoms with Gasteiger partial charge in [-0.15, -0.1) is 0 Å². The Hall–Kier alpha value is -0.500. The third-order valence-electron chi connectivity index (χ3n) is 4.36. The predicted molar refractivity (Wildman–Crippen MR) is 87.9 cm³/mol. The van der Waals surface area contributed by atoms with E-state index in [1.54, 1.807) is 0 Å². The van der Waals surface area contributed by atoms with Gasteiger partial charge < -0.3 is 5.32 Å². The van der Waals surface area contributed by atoms with Gasteiger partial charge in [0.15, 0.2) is 0 Å². The molecule has 0 spiro atoms. The molecule has 2 heteroatoms. The molecule has 1 nitrogen and oxygen atoms in total. The normalized spacial score (nSPS) is 22.9. The lowest BCUT2D eigenvalue weighted by atomic mass is 9.85. The van der Waals surface area contributed by atoms with E-state index < -0.39 is 0 Å². The van der Waals surface area contributed by atoms with Gasteiger partial charge >= 0.3 is 0 Å². The predicted octanol–water partition coefficient (Wildman–Crippen LogP) is 5.84. The van der Waals surface area contributed by atoms with Crippen LogP contribution in [0.5, 0.6) is 0 Å². The van der Waals surface area contributed by atoms with Crippen molar-refractivity contribution in [3.8, 4) is 0 Å². The Labute approximate surface area is 126 Å². The van der Waals surface area contributed by atoms with Crippen molar-refractivity contribution in [2.45, 2.75) is 65.8 Å². The molecule has 2 rings (SSSR count). The lowest BCUT2D eigenvalue weighted by molar-refractivity contribution is 0.313. The Bertz CT molecular complexity index is 428. The fourth-order valence-corrected chi connectivity index (χ4v) is 3.90. The number of rotatable bonds is 2. The Balaban J connectivity index is 2.09. The van der Waals surface area contributed by atoms with E-state index in [0.29, 0.717) is 11.5 Å². The molecule has 1 aromatic rings. The average Bonchev–Trinajstić information content (AvgIpc) is 2.45. The van der Waals surface area contributed by atoms with Crippen LogP contribution in [0.4, 0.5) is 5.69 Å². The van der Waals surface area contributed by atoms with E-state index in [4.69, 9.17) is 0 Å². The molecule has 1 aliphatic carbocycles. The van der Waals surface area contributed by atoms with Crippen LogP contribution in [0, 0.1) is 19.3 Å². The monoisotopic (exact) mass is 323 g/mol. The summed E-state index contributed by atoms with van der Waals surface area (Å²) in [7, 11) is 0. The van der Waals surface area contributed by atoms with Crippen molar-refractivity contribution in [2.75, 3.05) is 5.32 Å². The summed E-state index contributed by atoms with van der Waals surface area (Å²) in [6.07, 6.45) is 6.61. The van der Waals surface area contributed by atoms with Crippen LogP contribution in [0.3, 0.4) is 0 Å². The number of hydrogen-bond donors (Lipinski definition) is 1. The first-order valence-electron chi connectivity index (χ1n) is 7.41. The summed E-state index contributed by atoms with van der Waals surface area (Å²) in [6, 6.07) is 5.09. The van der Waals surface area contributed by atoms with Crippen molar-refractivity contribution in [3.63, 3.8) is 0 Å². The standard InChI is InChI=1S/C17H26BrN/c1-12-10-13(2)16(15(18)11-12)19-14-6-5-8-17(3,4)9-7-14/h10-11,14,19H,5-9H2,1-4H3. The minimum absolute atomic E-state index is 0.524. The van der Waals surface area contributed by atoms with Crippen molar-refractivity contribution in [2.24, 2.45) is 5.41 Å². The maximum absolute atomic E-state index is 3.78. The zero-order chi connectivity index (χ0) is 14.0. The largest absolute Gasteiger partial charge is 0.381 e. The lowest BCUT2D eigenvalue weighted by Crippen LogP contribution is -2.20. The molecule has 1 atom stereocenters. The molecule has 19 heavy (non-hydrogen) atoms. The van der Waals surface area contributed by atoms with E-state index in [2.05, 4.69) is 61.1 Å². The van der Waals surface area contributed by atoms with E-state index in [-0.39, 0.29) is 0 Å². The summed E-state index contributed by atoms with van der Waals surface area (Å²) in [5, 5.41) is 3.78. The van der Waals surface area contributed by atoms with Crippen LogP contribution in [0.2, 0.25) is 0 Å². The highest BCUT2D eigenvalue weighted by Gasteiger charge is 2.24. The van der Waals surface area contributed by atoms with Gasteiger partial charge in [-0.3, -0.25) is 0 Å². The average molecular weight is 324 g/mol. The van der Waals surface area contributed by atoms with Crippen LogP contribution >= 0.6 is 15.9 Å². The highest BCUT2D eigenvalue weighted by Crippen LogP contribution is 2.36. The Morgan fingerprint density at radius 1 is 1.16 bits per heavy atom. The molecule has 106 valence electrons. The Kier molecular flexibility index (Phi) is 4.60. The molecule has 0 bridgehead atoms. The molecule has 1 aliphatic rings. The molecule has 0 radical (unpaired) electrons. The second-order valence-electron chi connectivity index (χ2n) is 6.88. The Morgan fingerprint density at radius 2 is 1.89 bits per heavy atom. The van der Waals surface area contributed by atoms with Gasteiger partial charge in [-0.25, -0.2) is 0 Å². The Morgan fingerprint density at radius 3 is 2.58 bits per heavy atom. The third kappa shape index (κ3) is 3.98. The molecule has 0 aromatic heterocycles. The summed E-state index contributed by atoms with van der Waals surface area (Å²) in [5.41, 5.74) is 4.47. The van der Waals surface area contributed by atoms with E-state index in [9.17, 15) is 0 Å². The first-order valence-corrected chi connectivity index (χ1v) is 8.20. The molecule has 1 N–H and O–H groups in total. The van der Waals surface area contributed by atoms with Crippen molar-refractivity contribution >= 4 is 21.6 Å². The van der Waals surface area contributed by atoms with E-state index in [1.807, 2.05) is 0 Å². The van der Waals surface area contributed by atoms with Gasteiger partial charge in [0, 0.05) is 10.5 Å². The number of halogens is 1. The minimum atomic E-state index is 0.524. The molecule has 0 saturated heterocycles. The van der Waals surface area contributed by atoms with Crippen molar-refractivity contribution in [1.29, 1.82) is 0 Å². The highest BCUT2D eigenvalue weighted by molar-refractivity contribution is 9.10. The van der Waals surface area contributed by atoms with Crippen LogP contribution in [0.25, 0.3) is 0 Å².